The van der Waals surface area contributed by atoms with Crippen molar-refractivity contribution in [1.29, 1.82) is 0 Å². The molecule has 3 atom stereocenters. The van der Waals surface area contributed by atoms with E-state index in [4.69, 9.17) is 5.11 Å². The second kappa shape index (κ2) is 10.9. The van der Waals surface area contributed by atoms with Crippen molar-refractivity contribution in [3.05, 3.63) is 71.8 Å². The van der Waals surface area contributed by atoms with Gasteiger partial charge in [-0.15, -0.1) is 23.5 Å². The lowest BCUT2D eigenvalue weighted by atomic mass is 10.1. The summed E-state index contributed by atoms with van der Waals surface area (Å²) in [6.07, 6.45) is -3.89. The number of aliphatic hydroxyl groups excluding tert-OH is 4. The Kier molecular flexibility index (Phi) is 8.81. The molecular formula is C19H24O4S2. The number of hydrogen-bond donors (Lipinski definition) is 4. The molecule has 0 aromatic heterocycles. The Hall–Kier alpha value is -1.02. The van der Waals surface area contributed by atoms with Crippen molar-refractivity contribution in [2.24, 2.45) is 0 Å². The molecule has 0 bridgehead atoms. The molecule has 2 rings (SSSR count). The smallest absolute Gasteiger partial charge is 0.110 e. The molecule has 6 heteroatoms. The Morgan fingerprint density at radius 3 is 1.52 bits per heavy atom. The first-order valence-corrected chi connectivity index (χ1v) is 10.2. The molecule has 0 aliphatic rings. The van der Waals surface area contributed by atoms with E-state index in [1.54, 1.807) is 0 Å². The molecular weight excluding hydrogens is 356 g/mol. The minimum absolute atomic E-state index is 0.336. The summed E-state index contributed by atoms with van der Waals surface area (Å²) in [6.45, 7) is -0.586. The van der Waals surface area contributed by atoms with Crippen LogP contribution >= 0.6 is 23.5 Å². The van der Waals surface area contributed by atoms with Crippen molar-refractivity contribution >= 4 is 23.5 Å². The van der Waals surface area contributed by atoms with E-state index in [9.17, 15) is 15.3 Å². The summed E-state index contributed by atoms with van der Waals surface area (Å²) in [6, 6.07) is 19.8. The van der Waals surface area contributed by atoms with Crippen LogP contribution in [0.1, 0.15) is 11.1 Å². The van der Waals surface area contributed by atoms with E-state index in [0.29, 0.717) is 11.5 Å². The maximum atomic E-state index is 10.5. The van der Waals surface area contributed by atoms with Crippen molar-refractivity contribution in [2.75, 3.05) is 6.61 Å². The normalized spacial score (nSPS) is 15.1. The largest absolute Gasteiger partial charge is 0.394 e. The predicted molar refractivity (Wildman–Crippen MR) is 104 cm³/mol. The van der Waals surface area contributed by atoms with Crippen LogP contribution in [0.25, 0.3) is 0 Å². The molecule has 0 heterocycles. The zero-order valence-electron chi connectivity index (χ0n) is 13.8. The quantitative estimate of drug-likeness (QED) is 0.474. The zero-order chi connectivity index (χ0) is 18.1. The van der Waals surface area contributed by atoms with Gasteiger partial charge in [0.1, 0.15) is 18.3 Å². The van der Waals surface area contributed by atoms with E-state index in [2.05, 4.69) is 0 Å². The first-order chi connectivity index (χ1) is 12.1. The summed E-state index contributed by atoms with van der Waals surface area (Å²) in [5.41, 5.74) is 2.25. The fraction of sp³-hybridized carbons (Fsp3) is 0.368. The van der Waals surface area contributed by atoms with Crippen LogP contribution in [0.5, 0.6) is 0 Å². The Balaban J connectivity index is 2.01. The number of aliphatic hydroxyl groups is 4. The highest BCUT2D eigenvalue weighted by Gasteiger charge is 2.31. The molecule has 0 saturated heterocycles. The zero-order valence-corrected chi connectivity index (χ0v) is 15.4. The number of benzene rings is 2. The van der Waals surface area contributed by atoms with Crippen molar-refractivity contribution in [1.82, 2.24) is 0 Å². The molecule has 2 aromatic rings. The van der Waals surface area contributed by atoms with Crippen LogP contribution in [-0.2, 0) is 11.5 Å². The monoisotopic (exact) mass is 380 g/mol. The van der Waals surface area contributed by atoms with Gasteiger partial charge in [0, 0.05) is 11.5 Å². The van der Waals surface area contributed by atoms with Gasteiger partial charge in [0.15, 0.2) is 0 Å². The third-order valence-corrected chi connectivity index (χ3v) is 6.76. The number of thioether (sulfide) groups is 2. The summed E-state index contributed by atoms with van der Waals surface area (Å²) >= 11 is 3.04. The average molecular weight is 381 g/mol. The molecule has 0 radical (unpaired) electrons. The third kappa shape index (κ3) is 6.66. The summed E-state index contributed by atoms with van der Waals surface area (Å²) in [4.78, 5) is 0. The fourth-order valence-electron chi connectivity index (χ4n) is 2.25. The van der Waals surface area contributed by atoms with E-state index in [-0.39, 0.29) is 4.58 Å². The molecule has 4 nitrogen and oxygen atoms in total. The van der Waals surface area contributed by atoms with Gasteiger partial charge in [-0.25, -0.2) is 0 Å². The Morgan fingerprint density at radius 2 is 1.12 bits per heavy atom. The van der Waals surface area contributed by atoms with Crippen LogP contribution in [0.3, 0.4) is 0 Å². The van der Waals surface area contributed by atoms with E-state index in [1.165, 1.54) is 23.5 Å². The van der Waals surface area contributed by atoms with Crippen molar-refractivity contribution in [3.63, 3.8) is 0 Å². The summed E-state index contributed by atoms with van der Waals surface area (Å²) in [7, 11) is 0. The van der Waals surface area contributed by atoms with E-state index >= 15 is 0 Å². The highest BCUT2D eigenvalue weighted by atomic mass is 32.2. The van der Waals surface area contributed by atoms with Gasteiger partial charge in [-0.2, -0.15) is 0 Å². The Bertz CT molecular complexity index is 553. The lowest BCUT2D eigenvalue weighted by molar-refractivity contribution is -0.0706. The highest BCUT2D eigenvalue weighted by Crippen LogP contribution is 2.33. The average Bonchev–Trinajstić information content (AvgIpc) is 2.68. The molecule has 0 aliphatic heterocycles. The second-order valence-electron chi connectivity index (χ2n) is 5.69. The van der Waals surface area contributed by atoms with Crippen LogP contribution in [-0.4, -0.2) is 49.9 Å². The van der Waals surface area contributed by atoms with Crippen LogP contribution in [0.2, 0.25) is 0 Å². The Labute approximate surface area is 156 Å². The topological polar surface area (TPSA) is 80.9 Å². The van der Waals surface area contributed by atoms with Gasteiger partial charge >= 0.3 is 0 Å². The van der Waals surface area contributed by atoms with Gasteiger partial charge in [-0.05, 0) is 11.1 Å². The molecule has 136 valence electrons. The van der Waals surface area contributed by atoms with E-state index in [0.717, 1.165) is 11.1 Å². The van der Waals surface area contributed by atoms with Gasteiger partial charge in [0.25, 0.3) is 0 Å². The SMILES string of the molecule is OC[C@@H](O)[C@@H](O)[C@H](O)C(SCc1ccccc1)SCc1ccccc1. The molecule has 0 amide bonds. The van der Waals surface area contributed by atoms with Gasteiger partial charge in [0.2, 0.25) is 0 Å². The van der Waals surface area contributed by atoms with Crippen molar-refractivity contribution in [3.8, 4) is 0 Å². The van der Waals surface area contributed by atoms with Gasteiger partial charge in [0.05, 0.1) is 11.2 Å². The van der Waals surface area contributed by atoms with Crippen LogP contribution in [0, 0.1) is 0 Å². The molecule has 0 unspecified atom stereocenters. The molecule has 0 fully saturated rings. The van der Waals surface area contributed by atoms with Gasteiger partial charge < -0.3 is 20.4 Å². The molecule has 0 saturated carbocycles. The fourth-order valence-corrected chi connectivity index (χ4v) is 4.85. The highest BCUT2D eigenvalue weighted by molar-refractivity contribution is 8.16. The lowest BCUT2D eigenvalue weighted by Crippen LogP contribution is -2.43. The van der Waals surface area contributed by atoms with E-state index in [1.807, 2.05) is 60.7 Å². The molecule has 0 aliphatic carbocycles. The number of hydrogen-bond acceptors (Lipinski definition) is 6. The summed E-state index contributed by atoms with van der Waals surface area (Å²) in [5.74, 6) is 1.37. The molecule has 2 aromatic carbocycles. The maximum Gasteiger partial charge on any atom is 0.110 e. The minimum atomic E-state index is -1.39. The first kappa shape index (κ1) is 20.3. The Morgan fingerprint density at radius 1 is 0.680 bits per heavy atom. The molecule has 4 N–H and O–H groups in total. The molecule has 0 spiro atoms. The van der Waals surface area contributed by atoms with Crippen molar-refractivity contribution < 1.29 is 20.4 Å². The predicted octanol–water partition coefficient (Wildman–Crippen LogP) is 2.25. The molecule has 25 heavy (non-hydrogen) atoms. The summed E-state index contributed by atoms with van der Waals surface area (Å²) in [5, 5.41) is 39.2. The second-order valence-corrected chi connectivity index (χ2v) is 8.25. The third-order valence-electron chi connectivity index (χ3n) is 3.72. The standard InChI is InChI=1S/C19H24O4S2/c20-11-16(21)17(22)18(23)19(24-12-14-7-3-1-4-8-14)25-13-15-9-5-2-6-10-15/h1-10,16-23H,11-13H2/t16-,17-,18+/m1/s1. The van der Waals surface area contributed by atoms with E-state index < -0.39 is 24.9 Å². The van der Waals surface area contributed by atoms with Crippen LogP contribution in [0.15, 0.2) is 60.7 Å². The first-order valence-electron chi connectivity index (χ1n) is 8.08. The number of rotatable bonds is 10. The van der Waals surface area contributed by atoms with Crippen LogP contribution < -0.4 is 0 Å². The maximum absolute atomic E-state index is 10.5. The van der Waals surface area contributed by atoms with Gasteiger partial charge in [-0.3, -0.25) is 0 Å². The van der Waals surface area contributed by atoms with Crippen LogP contribution in [0.4, 0.5) is 0 Å². The van der Waals surface area contributed by atoms with Gasteiger partial charge in [-0.1, -0.05) is 60.7 Å². The lowest BCUT2D eigenvalue weighted by Gasteiger charge is -2.28. The van der Waals surface area contributed by atoms with Crippen molar-refractivity contribution in [2.45, 2.75) is 34.4 Å². The minimum Gasteiger partial charge on any atom is -0.394 e. The summed E-state index contributed by atoms with van der Waals surface area (Å²) < 4.78 is -0.336.